The summed E-state index contributed by atoms with van der Waals surface area (Å²) < 4.78 is 11.3. The SMILES string of the molecule is O=C(O)/C=C/c1cc(Br)ccc1OCc1ccno1. The predicted octanol–water partition coefficient (Wildman–Crippen LogP) is 3.11. The van der Waals surface area contributed by atoms with Crippen molar-refractivity contribution >= 4 is 28.0 Å². The molecule has 98 valence electrons. The molecule has 0 spiro atoms. The second-order valence-electron chi connectivity index (χ2n) is 3.62. The van der Waals surface area contributed by atoms with Gasteiger partial charge in [-0.1, -0.05) is 21.1 Å². The van der Waals surface area contributed by atoms with Crippen LogP contribution in [-0.4, -0.2) is 16.2 Å². The number of hydrogen-bond acceptors (Lipinski definition) is 4. The first kappa shape index (κ1) is 13.4. The third-order valence-electron chi connectivity index (χ3n) is 2.24. The van der Waals surface area contributed by atoms with E-state index in [0.29, 0.717) is 17.1 Å². The molecular weight excluding hydrogens is 314 g/mol. The highest BCUT2D eigenvalue weighted by Crippen LogP contribution is 2.25. The molecule has 6 heteroatoms. The van der Waals surface area contributed by atoms with Gasteiger partial charge in [0.05, 0.1) is 6.20 Å². The van der Waals surface area contributed by atoms with Gasteiger partial charge in [-0.15, -0.1) is 0 Å². The topological polar surface area (TPSA) is 72.6 Å². The molecule has 0 aliphatic carbocycles. The van der Waals surface area contributed by atoms with Crippen molar-refractivity contribution in [1.29, 1.82) is 0 Å². The molecule has 1 heterocycles. The minimum Gasteiger partial charge on any atom is -0.485 e. The average Bonchev–Trinajstić information content (AvgIpc) is 2.88. The van der Waals surface area contributed by atoms with E-state index in [1.165, 1.54) is 12.3 Å². The molecular formula is C13H10BrNO4. The summed E-state index contributed by atoms with van der Waals surface area (Å²) in [5.41, 5.74) is 0.663. The molecule has 5 nitrogen and oxygen atoms in total. The average molecular weight is 324 g/mol. The standard InChI is InChI=1S/C13H10BrNO4/c14-10-2-3-12(9(7-10)1-4-13(16)17)18-8-11-5-6-15-19-11/h1-7H,8H2,(H,16,17)/b4-1+. The van der Waals surface area contributed by atoms with Gasteiger partial charge in [0.2, 0.25) is 0 Å². The number of halogens is 1. The fraction of sp³-hybridized carbons (Fsp3) is 0.0769. The minimum atomic E-state index is -1.01. The van der Waals surface area contributed by atoms with Crippen LogP contribution < -0.4 is 4.74 Å². The van der Waals surface area contributed by atoms with Crippen LogP contribution in [0.25, 0.3) is 6.08 Å². The Kier molecular flexibility index (Phi) is 4.35. The number of rotatable bonds is 5. The van der Waals surface area contributed by atoms with Crippen LogP contribution >= 0.6 is 15.9 Å². The lowest BCUT2D eigenvalue weighted by atomic mass is 10.2. The second-order valence-corrected chi connectivity index (χ2v) is 4.54. The van der Waals surface area contributed by atoms with Crippen molar-refractivity contribution in [2.24, 2.45) is 0 Å². The molecule has 19 heavy (non-hydrogen) atoms. The highest BCUT2D eigenvalue weighted by Gasteiger charge is 2.05. The highest BCUT2D eigenvalue weighted by atomic mass is 79.9. The maximum Gasteiger partial charge on any atom is 0.328 e. The smallest absolute Gasteiger partial charge is 0.328 e. The van der Waals surface area contributed by atoms with Crippen molar-refractivity contribution in [3.05, 3.63) is 52.3 Å². The Bertz CT molecular complexity index is 593. The van der Waals surface area contributed by atoms with Crippen LogP contribution in [0.3, 0.4) is 0 Å². The van der Waals surface area contributed by atoms with Crippen LogP contribution in [0.1, 0.15) is 11.3 Å². The molecule has 2 aromatic rings. The Morgan fingerprint density at radius 3 is 3.00 bits per heavy atom. The van der Waals surface area contributed by atoms with E-state index >= 15 is 0 Å². The monoisotopic (exact) mass is 323 g/mol. The van der Waals surface area contributed by atoms with E-state index in [2.05, 4.69) is 21.1 Å². The maximum atomic E-state index is 10.6. The van der Waals surface area contributed by atoms with Crippen LogP contribution in [0.2, 0.25) is 0 Å². The largest absolute Gasteiger partial charge is 0.485 e. The van der Waals surface area contributed by atoms with Gasteiger partial charge < -0.3 is 14.4 Å². The normalized spacial score (nSPS) is 10.8. The van der Waals surface area contributed by atoms with Gasteiger partial charge in [0.15, 0.2) is 5.76 Å². The Labute approximate surface area is 117 Å². The van der Waals surface area contributed by atoms with Crippen molar-refractivity contribution in [1.82, 2.24) is 5.16 Å². The fourth-order valence-electron chi connectivity index (χ4n) is 1.41. The van der Waals surface area contributed by atoms with E-state index in [1.807, 2.05) is 6.07 Å². The Hall–Kier alpha value is -2.08. The first-order valence-corrected chi connectivity index (χ1v) is 6.17. The number of hydrogen-bond donors (Lipinski definition) is 1. The molecule has 0 saturated carbocycles. The van der Waals surface area contributed by atoms with Crippen LogP contribution in [0.15, 0.2) is 45.5 Å². The number of aliphatic carboxylic acids is 1. The van der Waals surface area contributed by atoms with Crippen molar-refractivity contribution < 1.29 is 19.2 Å². The fourth-order valence-corrected chi connectivity index (χ4v) is 1.79. The summed E-state index contributed by atoms with van der Waals surface area (Å²) in [7, 11) is 0. The van der Waals surface area contributed by atoms with Gasteiger partial charge in [0.1, 0.15) is 12.4 Å². The molecule has 0 unspecified atom stereocenters. The van der Waals surface area contributed by atoms with E-state index in [-0.39, 0.29) is 6.61 Å². The summed E-state index contributed by atoms with van der Waals surface area (Å²) in [4.78, 5) is 10.6. The highest BCUT2D eigenvalue weighted by molar-refractivity contribution is 9.10. The lowest BCUT2D eigenvalue weighted by molar-refractivity contribution is -0.131. The molecule has 2 rings (SSSR count). The van der Waals surface area contributed by atoms with Gasteiger partial charge in [-0.2, -0.15) is 0 Å². The van der Waals surface area contributed by atoms with E-state index in [0.717, 1.165) is 10.5 Å². The zero-order valence-corrected chi connectivity index (χ0v) is 11.3. The number of carboxylic acids is 1. The zero-order valence-electron chi connectivity index (χ0n) is 9.75. The van der Waals surface area contributed by atoms with Crippen LogP contribution in [0.4, 0.5) is 0 Å². The summed E-state index contributed by atoms with van der Waals surface area (Å²) in [6.45, 7) is 0.232. The molecule has 0 aliphatic heterocycles. The molecule has 0 fully saturated rings. The molecule has 0 bridgehead atoms. The van der Waals surface area contributed by atoms with Crippen molar-refractivity contribution in [2.45, 2.75) is 6.61 Å². The number of aromatic nitrogens is 1. The summed E-state index contributed by atoms with van der Waals surface area (Å²) in [6.07, 6.45) is 4.07. The Morgan fingerprint density at radius 2 is 2.32 bits per heavy atom. The third kappa shape index (κ3) is 3.96. The van der Waals surface area contributed by atoms with Crippen LogP contribution in [0.5, 0.6) is 5.75 Å². The molecule has 1 aromatic carbocycles. The van der Waals surface area contributed by atoms with E-state index in [1.54, 1.807) is 18.2 Å². The number of benzene rings is 1. The van der Waals surface area contributed by atoms with Crippen molar-refractivity contribution in [3.8, 4) is 5.75 Å². The van der Waals surface area contributed by atoms with Gasteiger partial charge in [-0.3, -0.25) is 0 Å². The third-order valence-corrected chi connectivity index (χ3v) is 2.73. The molecule has 0 atom stereocenters. The van der Waals surface area contributed by atoms with Crippen LogP contribution in [0, 0.1) is 0 Å². The summed E-state index contributed by atoms with van der Waals surface area (Å²) in [5.74, 6) is 0.148. The van der Waals surface area contributed by atoms with Gasteiger partial charge >= 0.3 is 5.97 Å². The number of nitrogens with zero attached hydrogens (tertiary/aromatic N) is 1. The van der Waals surface area contributed by atoms with E-state index in [9.17, 15) is 4.79 Å². The van der Waals surface area contributed by atoms with Gasteiger partial charge in [0.25, 0.3) is 0 Å². The summed E-state index contributed by atoms with van der Waals surface area (Å²) in [6, 6.07) is 7.04. The van der Waals surface area contributed by atoms with Crippen molar-refractivity contribution in [2.75, 3.05) is 0 Å². The van der Waals surface area contributed by atoms with Gasteiger partial charge in [0, 0.05) is 22.2 Å². The second kappa shape index (κ2) is 6.19. The maximum absolute atomic E-state index is 10.6. The molecule has 0 saturated heterocycles. The number of carboxylic acid groups (broad SMARTS) is 1. The molecule has 0 amide bonds. The van der Waals surface area contributed by atoms with Crippen LogP contribution in [-0.2, 0) is 11.4 Å². The Morgan fingerprint density at radius 1 is 1.47 bits per heavy atom. The zero-order chi connectivity index (χ0) is 13.7. The van der Waals surface area contributed by atoms with Crippen molar-refractivity contribution in [3.63, 3.8) is 0 Å². The lowest BCUT2D eigenvalue weighted by Gasteiger charge is -2.08. The lowest BCUT2D eigenvalue weighted by Crippen LogP contribution is -1.96. The molecule has 1 N–H and O–H groups in total. The van der Waals surface area contributed by atoms with Gasteiger partial charge in [-0.05, 0) is 24.3 Å². The minimum absolute atomic E-state index is 0.232. The number of ether oxygens (including phenoxy) is 1. The summed E-state index contributed by atoms with van der Waals surface area (Å²) >= 11 is 3.33. The summed E-state index contributed by atoms with van der Waals surface area (Å²) in [5, 5.41) is 12.2. The van der Waals surface area contributed by atoms with E-state index in [4.69, 9.17) is 14.4 Å². The van der Waals surface area contributed by atoms with E-state index < -0.39 is 5.97 Å². The quantitative estimate of drug-likeness (QED) is 0.856. The molecule has 0 aliphatic rings. The Balaban J connectivity index is 2.16. The van der Waals surface area contributed by atoms with Gasteiger partial charge in [-0.25, -0.2) is 4.79 Å². The molecule has 1 aromatic heterocycles. The number of carbonyl (C=O) groups is 1. The molecule has 0 radical (unpaired) electrons. The predicted molar refractivity (Wildman–Crippen MR) is 71.6 cm³/mol. The first-order chi connectivity index (χ1) is 9.15. The first-order valence-electron chi connectivity index (χ1n) is 5.38.